The van der Waals surface area contributed by atoms with Crippen LogP contribution >= 0.6 is 0 Å². The van der Waals surface area contributed by atoms with Crippen LogP contribution in [-0.4, -0.2) is 28.6 Å². The summed E-state index contributed by atoms with van der Waals surface area (Å²) in [5, 5.41) is 9.37. The Bertz CT molecular complexity index is 454. The largest absolute Gasteiger partial charge is 0.478 e. The van der Waals surface area contributed by atoms with Gasteiger partial charge in [-0.25, -0.2) is 4.79 Å². The molecule has 110 valence electrons. The minimum absolute atomic E-state index is 0.322. The van der Waals surface area contributed by atoms with Crippen LogP contribution in [0.4, 0.5) is 5.69 Å². The zero-order valence-electron chi connectivity index (χ0n) is 12.4. The maximum absolute atomic E-state index is 11.4. The molecule has 4 nitrogen and oxygen atoms in total. The quantitative estimate of drug-likeness (QED) is 0.863. The summed E-state index contributed by atoms with van der Waals surface area (Å²) >= 11 is 0. The van der Waals surface area contributed by atoms with E-state index in [1.807, 2.05) is 6.07 Å². The van der Waals surface area contributed by atoms with Gasteiger partial charge < -0.3 is 10.0 Å². The summed E-state index contributed by atoms with van der Waals surface area (Å²) in [6.45, 7) is 5.33. The topological polar surface area (TPSA) is 53.4 Å². The Morgan fingerprint density at radius 2 is 2.15 bits per heavy atom. The van der Waals surface area contributed by atoms with Crippen molar-refractivity contribution in [3.63, 3.8) is 0 Å². The van der Waals surface area contributed by atoms with E-state index in [1.54, 1.807) is 6.20 Å². The van der Waals surface area contributed by atoms with E-state index in [0.29, 0.717) is 17.5 Å². The smallest absolute Gasteiger partial charge is 0.339 e. The molecule has 20 heavy (non-hydrogen) atoms. The van der Waals surface area contributed by atoms with Gasteiger partial charge in [-0.2, -0.15) is 0 Å². The normalized spacial score (nSPS) is 15.8. The lowest BCUT2D eigenvalue weighted by Crippen LogP contribution is -2.36. The predicted molar refractivity (Wildman–Crippen MR) is 80.3 cm³/mol. The molecule has 0 unspecified atom stereocenters. The SMILES string of the molecule is CC(C)CCN(c1ccncc1C(=O)O)C1CCCC1. The molecule has 0 atom stereocenters. The number of pyridine rings is 1. The number of aromatic carboxylic acids is 1. The zero-order chi connectivity index (χ0) is 14.5. The highest BCUT2D eigenvalue weighted by atomic mass is 16.4. The van der Waals surface area contributed by atoms with Crippen LogP contribution in [0.1, 0.15) is 56.3 Å². The summed E-state index contributed by atoms with van der Waals surface area (Å²) in [6.07, 6.45) is 9.07. The van der Waals surface area contributed by atoms with Gasteiger partial charge in [-0.1, -0.05) is 26.7 Å². The van der Waals surface area contributed by atoms with Crippen LogP contribution < -0.4 is 4.90 Å². The standard InChI is InChI=1S/C16H24N2O2/c1-12(2)8-10-18(13-5-3-4-6-13)15-7-9-17-11-14(15)16(19)20/h7,9,11-13H,3-6,8,10H2,1-2H3,(H,19,20). The fourth-order valence-electron chi connectivity index (χ4n) is 2.92. The first kappa shape index (κ1) is 14.8. The Morgan fingerprint density at radius 3 is 2.75 bits per heavy atom. The van der Waals surface area contributed by atoms with E-state index in [1.165, 1.54) is 31.9 Å². The van der Waals surface area contributed by atoms with Gasteiger partial charge in [0.2, 0.25) is 0 Å². The van der Waals surface area contributed by atoms with E-state index in [-0.39, 0.29) is 0 Å². The van der Waals surface area contributed by atoms with Gasteiger partial charge in [0.15, 0.2) is 0 Å². The number of carbonyl (C=O) groups is 1. The minimum atomic E-state index is -0.888. The lowest BCUT2D eigenvalue weighted by atomic mass is 10.1. The summed E-state index contributed by atoms with van der Waals surface area (Å²) in [6, 6.07) is 2.33. The average molecular weight is 276 g/mol. The number of carboxylic acids is 1. The summed E-state index contributed by atoms with van der Waals surface area (Å²) in [5.41, 5.74) is 1.16. The summed E-state index contributed by atoms with van der Waals surface area (Å²) < 4.78 is 0. The van der Waals surface area contributed by atoms with Crippen molar-refractivity contribution in [2.24, 2.45) is 5.92 Å². The molecule has 0 aromatic carbocycles. The highest BCUT2D eigenvalue weighted by Gasteiger charge is 2.26. The monoisotopic (exact) mass is 276 g/mol. The van der Waals surface area contributed by atoms with Crippen LogP contribution in [-0.2, 0) is 0 Å². The number of hydrogen-bond acceptors (Lipinski definition) is 3. The lowest BCUT2D eigenvalue weighted by Gasteiger charge is -2.32. The fourth-order valence-corrected chi connectivity index (χ4v) is 2.92. The maximum atomic E-state index is 11.4. The van der Waals surface area contributed by atoms with E-state index in [0.717, 1.165) is 18.7 Å². The first-order valence-corrected chi connectivity index (χ1v) is 7.53. The number of carboxylic acid groups (broad SMARTS) is 1. The highest BCUT2D eigenvalue weighted by molar-refractivity contribution is 5.94. The third kappa shape index (κ3) is 3.50. The van der Waals surface area contributed by atoms with E-state index < -0.39 is 5.97 Å². The molecule has 0 aliphatic heterocycles. The van der Waals surface area contributed by atoms with Crippen LogP contribution in [0.5, 0.6) is 0 Å². The van der Waals surface area contributed by atoms with Crippen molar-refractivity contribution in [1.29, 1.82) is 0 Å². The molecule has 1 aromatic rings. The zero-order valence-corrected chi connectivity index (χ0v) is 12.4. The molecular weight excluding hydrogens is 252 g/mol. The fraction of sp³-hybridized carbons (Fsp3) is 0.625. The molecule has 1 aliphatic carbocycles. The van der Waals surface area contributed by atoms with Crippen molar-refractivity contribution in [2.45, 2.75) is 52.0 Å². The Hall–Kier alpha value is -1.58. The van der Waals surface area contributed by atoms with E-state index in [9.17, 15) is 9.90 Å². The van der Waals surface area contributed by atoms with Crippen molar-refractivity contribution >= 4 is 11.7 Å². The van der Waals surface area contributed by atoms with Crippen molar-refractivity contribution in [3.8, 4) is 0 Å². The second kappa shape index (κ2) is 6.73. The maximum Gasteiger partial charge on any atom is 0.339 e. The number of rotatable bonds is 6. The predicted octanol–water partition coefficient (Wildman–Crippen LogP) is 3.57. The van der Waals surface area contributed by atoms with Gasteiger partial charge in [-0.05, 0) is 31.2 Å². The Kier molecular flexibility index (Phi) is 4.99. The Morgan fingerprint density at radius 1 is 1.45 bits per heavy atom. The molecule has 1 fully saturated rings. The summed E-state index contributed by atoms with van der Waals surface area (Å²) in [5.74, 6) is -0.269. The molecule has 0 spiro atoms. The Labute approximate surface area is 120 Å². The summed E-state index contributed by atoms with van der Waals surface area (Å²) in [4.78, 5) is 17.7. The molecule has 1 aromatic heterocycles. The van der Waals surface area contributed by atoms with Crippen molar-refractivity contribution in [3.05, 3.63) is 24.0 Å². The van der Waals surface area contributed by atoms with Crippen molar-refractivity contribution in [1.82, 2.24) is 4.98 Å². The Balaban J connectivity index is 2.27. The molecule has 1 saturated carbocycles. The molecule has 1 heterocycles. The number of anilines is 1. The number of hydrogen-bond donors (Lipinski definition) is 1. The first-order chi connectivity index (χ1) is 9.59. The molecular formula is C16H24N2O2. The number of nitrogens with zero attached hydrogens (tertiary/aromatic N) is 2. The third-order valence-corrected chi connectivity index (χ3v) is 4.05. The summed E-state index contributed by atoms with van der Waals surface area (Å²) in [7, 11) is 0. The molecule has 1 aliphatic rings. The van der Waals surface area contributed by atoms with Gasteiger partial charge in [0, 0.05) is 25.0 Å². The second-order valence-electron chi connectivity index (χ2n) is 6.01. The van der Waals surface area contributed by atoms with Crippen LogP contribution in [0.15, 0.2) is 18.5 Å². The van der Waals surface area contributed by atoms with Crippen LogP contribution in [0, 0.1) is 5.92 Å². The van der Waals surface area contributed by atoms with Gasteiger partial charge in [0.05, 0.1) is 5.69 Å². The molecule has 1 N–H and O–H groups in total. The molecule has 0 radical (unpaired) electrons. The minimum Gasteiger partial charge on any atom is -0.478 e. The third-order valence-electron chi connectivity index (χ3n) is 4.05. The van der Waals surface area contributed by atoms with E-state index >= 15 is 0 Å². The van der Waals surface area contributed by atoms with Gasteiger partial charge in [0.1, 0.15) is 5.56 Å². The van der Waals surface area contributed by atoms with Gasteiger partial charge in [0.25, 0.3) is 0 Å². The molecule has 0 saturated heterocycles. The molecule has 0 bridgehead atoms. The first-order valence-electron chi connectivity index (χ1n) is 7.53. The second-order valence-corrected chi connectivity index (χ2v) is 6.01. The van der Waals surface area contributed by atoms with E-state index in [4.69, 9.17) is 0 Å². The average Bonchev–Trinajstić information content (AvgIpc) is 2.93. The lowest BCUT2D eigenvalue weighted by molar-refractivity contribution is 0.0697. The highest BCUT2D eigenvalue weighted by Crippen LogP contribution is 2.30. The van der Waals surface area contributed by atoms with Crippen molar-refractivity contribution in [2.75, 3.05) is 11.4 Å². The van der Waals surface area contributed by atoms with Crippen molar-refractivity contribution < 1.29 is 9.90 Å². The molecule has 2 rings (SSSR count). The van der Waals surface area contributed by atoms with Crippen LogP contribution in [0.25, 0.3) is 0 Å². The van der Waals surface area contributed by atoms with Gasteiger partial charge in [-0.3, -0.25) is 4.98 Å². The molecule has 4 heteroatoms. The van der Waals surface area contributed by atoms with Gasteiger partial charge >= 0.3 is 5.97 Å². The number of aromatic nitrogens is 1. The van der Waals surface area contributed by atoms with E-state index in [2.05, 4.69) is 23.7 Å². The van der Waals surface area contributed by atoms with Crippen LogP contribution in [0.3, 0.4) is 0 Å². The molecule has 0 amide bonds. The van der Waals surface area contributed by atoms with Gasteiger partial charge in [-0.15, -0.1) is 0 Å². The van der Waals surface area contributed by atoms with Crippen LogP contribution in [0.2, 0.25) is 0 Å².